The maximum Gasteiger partial charge on any atom is 0.0739 e. The molecule has 1 atom stereocenters. The van der Waals surface area contributed by atoms with Gasteiger partial charge in [0, 0.05) is 10.6 Å². The van der Waals surface area contributed by atoms with Crippen LogP contribution in [0.15, 0.2) is 59.5 Å². The first kappa shape index (κ1) is 16.1. The summed E-state index contributed by atoms with van der Waals surface area (Å²) in [5, 5.41) is 9.70. The highest BCUT2D eigenvalue weighted by atomic mass is 32.2. The molecule has 2 rings (SSSR count). The molecule has 0 amide bonds. The molecule has 0 aliphatic heterocycles. The molecule has 0 aliphatic rings. The predicted octanol–water partition coefficient (Wildman–Crippen LogP) is 3.75. The fourth-order valence-electron chi connectivity index (χ4n) is 2.15. The highest BCUT2D eigenvalue weighted by molar-refractivity contribution is 7.99. The lowest BCUT2D eigenvalue weighted by Crippen LogP contribution is -2.43. The Hall–Kier alpha value is -1.29. The summed E-state index contributed by atoms with van der Waals surface area (Å²) in [5.74, 6) is 1.19. The fourth-order valence-corrected chi connectivity index (χ4v) is 3.16. The molecule has 0 saturated carbocycles. The second-order valence-corrected chi connectivity index (χ2v) is 6.74. The van der Waals surface area contributed by atoms with Crippen LogP contribution in [0.2, 0.25) is 0 Å². The third-order valence-electron chi connectivity index (χ3n) is 3.67. The highest BCUT2D eigenvalue weighted by Crippen LogP contribution is 2.28. The van der Waals surface area contributed by atoms with Crippen molar-refractivity contribution >= 4 is 11.8 Å². The lowest BCUT2D eigenvalue weighted by molar-refractivity contribution is 0.213. The van der Waals surface area contributed by atoms with E-state index in [2.05, 4.69) is 38.1 Å². The number of aliphatic hydroxyl groups is 1. The molecule has 0 saturated heterocycles. The molecule has 0 spiro atoms. The van der Waals surface area contributed by atoms with Crippen molar-refractivity contribution < 1.29 is 5.11 Å². The Balaban J connectivity index is 2.06. The third kappa shape index (κ3) is 4.10. The molecule has 2 aromatic rings. The first-order valence-corrected chi connectivity index (χ1v) is 8.22. The summed E-state index contributed by atoms with van der Waals surface area (Å²) < 4.78 is 0. The molecule has 0 aliphatic carbocycles. The van der Waals surface area contributed by atoms with Crippen LogP contribution in [-0.2, 0) is 5.54 Å². The largest absolute Gasteiger partial charge is 0.394 e. The van der Waals surface area contributed by atoms with E-state index in [4.69, 9.17) is 5.73 Å². The molecule has 2 aromatic carbocycles. The van der Waals surface area contributed by atoms with Crippen LogP contribution in [0.3, 0.4) is 0 Å². The Morgan fingerprint density at radius 3 is 2.19 bits per heavy atom. The van der Waals surface area contributed by atoms with Crippen LogP contribution in [0.5, 0.6) is 0 Å². The van der Waals surface area contributed by atoms with Gasteiger partial charge in [0.05, 0.1) is 12.1 Å². The minimum Gasteiger partial charge on any atom is -0.394 e. The van der Waals surface area contributed by atoms with Crippen LogP contribution in [0.25, 0.3) is 0 Å². The Morgan fingerprint density at radius 1 is 1.05 bits per heavy atom. The van der Waals surface area contributed by atoms with Gasteiger partial charge in [0.1, 0.15) is 0 Å². The van der Waals surface area contributed by atoms with E-state index >= 15 is 0 Å². The zero-order valence-electron chi connectivity index (χ0n) is 12.6. The van der Waals surface area contributed by atoms with Crippen molar-refractivity contribution in [1.29, 1.82) is 0 Å². The topological polar surface area (TPSA) is 46.2 Å². The summed E-state index contributed by atoms with van der Waals surface area (Å²) in [7, 11) is 0. The number of thioether (sulfide) groups is 1. The maximum atomic E-state index is 9.70. The first-order valence-electron chi connectivity index (χ1n) is 7.23. The van der Waals surface area contributed by atoms with Crippen molar-refractivity contribution in [2.45, 2.75) is 30.2 Å². The zero-order chi connectivity index (χ0) is 15.3. The fraction of sp³-hybridized carbons (Fsp3) is 0.333. The minimum absolute atomic E-state index is 0.0614. The lowest BCUT2D eigenvalue weighted by Gasteiger charge is -2.27. The Kier molecular flexibility index (Phi) is 5.45. The van der Waals surface area contributed by atoms with Crippen molar-refractivity contribution in [2.24, 2.45) is 5.73 Å². The molecule has 3 heteroatoms. The molecule has 0 bridgehead atoms. The standard InChI is InChI=1S/C18H23NOS/c1-14(2)15-8-10-17(11-9-15)21-13-18(19,12-20)16-6-4-3-5-7-16/h3-11,14,20H,12-13,19H2,1-2H3. The van der Waals surface area contributed by atoms with E-state index in [-0.39, 0.29) is 6.61 Å². The summed E-state index contributed by atoms with van der Waals surface area (Å²) >= 11 is 1.68. The smallest absolute Gasteiger partial charge is 0.0739 e. The van der Waals surface area contributed by atoms with Crippen molar-refractivity contribution in [1.82, 2.24) is 0 Å². The van der Waals surface area contributed by atoms with Crippen LogP contribution < -0.4 is 5.73 Å². The van der Waals surface area contributed by atoms with E-state index in [0.717, 1.165) is 5.56 Å². The summed E-state index contributed by atoms with van der Waals surface area (Å²) in [6.07, 6.45) is 0. The SMILES string of the molecule is CC(C)c1ccc(SCC(N)(CO)c2ccccc2)cc1. The van der Waals surface area contributed by atoms with Crippen LogP contribution >= 0.6 is 11.8 Å². The molecule has 112 valence electrons. The molecule has 0 fully saturated rings. The van der Waals surface area contributed by atoms with Gasteiger partial charge in [-0.2, -0.15) is 0 Å². The molecule has 0 heterocycles. The average molecular weight is 301 g/mol. The maximum absolute atomic E-state index is 9.70. The summed E-state index contributed by atoms with van der Waals surface area (Å²) in [4.78, 5) is 1.18. The van der Waals surface area contributed by atoms with Gasteiger partial charge >= 0.3 is 0 Å². The summed E-state index contributed by atoms with van der Waals surface area (Å²) in [6.45, 7) is 4.32. The molecule has 0 radical (unpaired) electrons. The number of aliphatic hydroxyl groups excluding tert-OH is 1. The number of nitrogens with two attached hydrogens (primary N) is 1. The number of benzene rings is 2. The Bertz CT molecular complexity index is 553. The van der Waals surface area contributed by atoms with E-state index < -0.39 is 5.54 Å². The quantitative estimate of drug-likeness (QED) is 0.799. The van der Waals surface area contributed by atoms with E-state index in [9.17, 15) is 5.11 Å². The number of hydrogen-bond acceptors (Lipinski definition) is 3. The molecule has 3 N–H and O–H groups in total. The van der Waals surface area contributed by atoms with E-state index in [1.54, 1.807) is 11.8 Å². The monoisotopic (exact) mass is 301 g/mol. The van der Waals surface area contributed by atoms with Crippen molar-refractivity contribution in [3.8, 4) is 0 Å². The average Bonchev–Trinajstić information content (AvgIpc) is 2.54. The van der Waals surface area contributed by atoms with Crippen molar-refractivity contribution in [3.63, 3.8) is 0 Å². The van der Waals surface area contributed by atoms with Gasteiger partial charge in [0.25, 0.3) is 0 Å². The zero-order valence-corrected chi connectivity index (χ0v) is 13.4. The minimum atomic E-state index is -0.706. The first-order chi connectivity index (χ1) is 10.0. The number of hydrogen-bond donors (Lipinski definition) is 2. The predicted molar refractivity (Wildman–Crippen MR) is 90.6 cm³/mol. The van der Waals surface area contributed by atoms with Crippen LogP contribution in [0, 0.1) is 0 Å². The van der Waals surface area contributed by atoms with Gasteiger partial charge in [-0.25, -0.2) is 0 Å². The molecule has 21 heavy (non-hydrogen) atoms. The normalized spacial score (nSPS) is 14.1. The van der Waals surface area contributed by atoms with Gasteiger partial charge in [-0.3, -0.25) is 0 Å². The molecule has 2 nitrogen and oxygen atoms in total. The van der Waals surface area contributed by atoms with Gasteiger partial charge < -0.3 is 10.8 Å². The van der Waals surface area contributed by atoms with E-state index in [1.807, 2.05) is 30.3 Å². The highest BCUT2D eigenvalue weighted by Gasteiger charge is 2.26. The van der Waals surface area contributed by atoms with Gasteiger partial charge in [-0.1, -0.05) is 56.3 Å². The Morgan fingerprint density at radius 2 is 1.67 bits per heavy atom. The lowest BCUT2D eigenvalue weighted by atomic mass is 9.94. The van der Waals surface area contributed by atoms with Gasteiger partial charge in [-0.15, -0.1) is 11.8 Å². The summed E-state index contributed by atoms with van der Waals surface area (Å²) in [5.41, 5.74) is 7.98. The second-order valence-electron chi connectivity index (χ2n) is 5.69. The van der Waals surface area contributed by atoms with Crippen molar-refractivity contribution in [2.75, 3.05) is 12.4 Å². The van der Waals surface area contributed by atoms with Crippen LogP contribution in [0.1, 0.15) is 30.9 Å². The molecular weight excluding hydrogens is 278 g/mol. The Labute approximate surface area is 131 Å². The summed E-state index contributed by atoms with van der Waals surface area (Å²) in [6, 6.07) is 18.4. The van der Waals surface area contributed by atoms with Gasteiger partial charge in [0.15, 0.2) is 0 Å². The number of rotatable bonds is 6. The third-order valence-corrected chi connectivity index (χ3v) is 4.94. The second kappa shape index (κ2) is 7.12. The molecule has 0 aromatic heterocycles. The van der Waals surface area contributed by atoms with Gasteiger partial charge in [-0.05, 0) is 29.2 Å². The van der Waals surface area contributed by atoms with Crippen LogP contribution in [0.4, 0.5) is 0 Å². The van der Waals surface area contributed by atoms with Crippen molar-refractivity contribution in [3.05, 3.63) is 65.7 Å². The molecular formula is C18H23NOS. The van der Waals surface area contributed by atoms with E-state index in [0.29, 0.717) is 11.7 Å². The molecule has 1 unspecified atom stereocenters. The van der Waals surface area contributed by atoms with Gasteiger partial charge in [0.2, 0.25) is 0 Å². The van der Waals surface area contributed by atoms with Crippen LogP contribution in [-0.4, -0.2) is 17.5 Å². The van der Waals surface area contributed by atoms with E-state index in [1.165, 1.54) is 10.5 Å².